The molecule has 0 heterocycles. The van der Waals surface area contributed by atoms with Crippen LogP contribution in [0.5, 0.6) is 23.0 Å². The number of guanidine groups is 1. The van der Waals surface area contributed by atoms with Crippen LogP contribution in [0.15, 0.2) is 41.4 Å². The summed E-state index contributed by atoms with van der Waals surface area (Å²) in [6, 6.07) is 11.9. The zero-order valence-electron chi connectivity index (χ0n) is 19.2. The Morgan fingerprint density at radius 3 is 2.23 bits per heavy atom. The lowest BCUT2D eigenvalue weighted by atomic mass is 10.1. The molecule has 0 unspecified atom stereocenters. The average Bonchev–Trinajstić information content (AvgIpc) is 2.78. The molecule has 172 valence electrons. The molecule has 0 amide bonds. The van der Waals surface area contributed by atoms with Gasteiger partial charge in [0.15, 0.2) is 17.5 Å². The van der Waals surface area contributed by atoms with Crippen molar-refractivity contribution < 1.29 is 18.9 Å². The maximum Gasteiger partial charge on any atom is 0.193 e. The first-order valence-electron chi connectivity index (χ1n) is 9.89. The molecule has 1 N–H and O–H groups in total. The number of nitrogens with one attached hydrogen (secondary N) is 1. The summed E-state index contributed by atoms with van der Waals surface area (Å²) in [7, 11) is 10.4. The minimum atomic E-state index is 0. The molecule has 0 aliphatic rings. The number of ether oxygens (including phenoxy) is 4. The van der Waals surface area contributed by atoms with Gasteiger partial charge in [-0.15, -0.1) is 24.0 Å². The minimum absolute atomic E-state index is 0. The van der Waals surface area contributed by atoms with Crippen LogP contribution < -0.4 is 24.3 Å². The fourth-order valence-electron chi connectivity index (χ4n) is 3.23. The van der Waals surface area contributed by atoms with Crippen LogP contribution in [0.3, 0.4) is 0 Å². The molecule has 0 aromatic heterocycles. The second kappa shape index (κ2) is 13.8. The molecule has 7 nitrogen and oxygen atoms in total. The Hall–Kier alpha value is -2.36. The zero-order valence-corrected chi connectivity index (χ0v) is 21.6. The van der Waals surface area contributed by atoms with Gasteiger partial charge in [0.1, 0.15) is 11.5 Å². The van der Waals surface area contributed by atoms with Crippen molar-refractivity contribution in [2.45, 2.75) is 19.4 Å². The third-order valence-electron chi connectivity index (χ3n) is 4.85. The van der Waals surface area contributed by atoms with Crippen LogP contribution in [0.25, 0.3) is 0 Å². The highest BCUT2D eigenvalue weighted by molar-refractivity contribution is 14.0. The van der Waals surface area contributed by atoms with E-state index < -0.39 is 0 Å². The maximum atomic E-state index is 5.50. The molecule has 0 aliphatic heterocycles. The summed E-state index contributed by atoms with van der Waals surface area (Å²) >= 11 is 0. The van der Waals surface area contributed by atoms with Gasteiger partial charge in [0.2, 0.25) is 0 Å². The molecule has 0 radical (unpaired) electrons. The molecule has 2 aromatic carbocycles. The third kappa shape index (κ3) is 7.68. The number of aryl methyl sites for hydroxylation is 1. The lowest BCUT2D eigenvalue weighted by molar-refractivity contribution is 0.354. The number of rotatable bonds is 10. The smallest absolute Gasteiger partial charge is 0.193 e. The van der Waals surface area contributed by atoms with Crippen LogP contribution in [0, 0.1) is 0 Å². The number of methoxy groups -OCH3 is 4. The first kappa shape index (κ1) is 26.7. The van der Waals surface area contributed by atoms with E-state index in [1.165, 1.54) is 5.56 Å². The lowest BCUT2D eigenvalue weighted by Gasteiger charge is -2.23. The fourth-order valence-corrected chi connectivity index (χ4v) is 3.23. The summed E-state index contributed by atoms with van der Waals surface area (Å²) in [5.74, 6) is 3.91. The average molecular weight is 543 g/mol. The van der Waals surface area contributed by atoms with Gasteiger partial charge in [0, 0.05) is 38.8 Å². The largest absolute Gasteiger partial charge is 0.497 e. The summed E-state index contributed by atoms with van der Waals surface area (Å²) in [6.07, 6.45) is 1.90. The van der Waals surface area contributed by atoms with Crippen LogP contribution in [-0.2, 0) is 13.0 Å². The second-order valence-corrected chi connectivity index (χ2v) is 6.80. The molecule has 31 heavy (non-hydrogen) atoms. The molecular weight excluding hydrogens is 509 g/mol. The molecule has 8 heteroatoms. The third-order valence-corrected chi connectivity index (χ3v) is 4.85. The Balaban J connectivity index is 0.00000480. The normalized spacial score (nSPS) is 10.7. The molecule has 0 spiro atoms. The zero-order chi connectivity index (χ0) is 21.9. The van der Waals surface area contributed by atoms with Crippen molar-refractivity contribution in [3.05, 3.63) is 47.5 Å². The van der Waals surface area contributed by atoms with Gasteiger partial charge in [-0.05, 0) is 42.7 Å². The number of nitrogens with zero attached hydrogens (tertiary/aromatic N) is 2. The monoisotopic (exact) mass is 543 g/mol. The SMILES string of the molecule is CN=C(NCCCc1ccc(OC)c(OC)c1)N(C)Cc1ccc(OC)cc1OC.I. The molecule has 0 saturated heterocycles. The molecule has 2 aromatic rings. The van der Waals surface area contributed by atoms with Crippen molar-refractivity contribution >= 4 is 29.9 Å². The van der Waals surface area contributed by atoms with Gasteiger partial charge < -0.3 is 29.2 Å². The van der Waals surface area contributed by atoms with Gasteiger partial charge >= 0.3 is 0 Å². The van der Waals surface area contributed by atoms with Crippen molar-refractivity contribution in [1.29, 1.82) is 0 Å². The van der Waals surface area contributed by atoms with Gasteiger partial charge in [-0.3, -0.25) is 4.99 Å². The van der Waals surface area contributed by atoms with Gasteiger partial charge in [-0.2, -0.15) is 0 Å². The Morgan fingerprint density at radius 1 is 0.903 bits per heavy atom. The first-order valence-corrected chi connectivity index (χ1v) is 9.89. The van der Waals surface area contributed by atoms with Gasteiger partial charge in [-0.25, -0.2) is 0 Å². The number of halogens is 1. The Labute approximate surface area is 202 Å². The van der Waals surface area contributed by atoms with Crippen LogP contribution in [-0.4, -0.2) is 59.9 Å². The molecule has 0 saturated carbocycles. The molecular formula is C23H34IN3O4. The van der Waals surface area contributed by atoms with E-state index >= 15 is 0 Å². The van der Waals surface area contributed by atoms with Crippen molar-refractivity contribution in [2.24, 2.45) is 4.99 Å². The van der Waals surface area contributed by atoms with Crippen molar-refractivity contribution in [1.82, 2.24) is 10.2 Å². The summed E-state index contributed by atoms with van der Waals surface area (Å²) in [6.45, 7) is 1.48. The van der Waals surface area contributed by atoms with E-state index in [0.29, 0.717) is 6.54 Å². The summed E-state index contributed by atoms with van der Waals surface area (Å²) in [5.41, 5.74) is 2.27. The topological polar surface area (TPSA) is 64.6 Å². The van der Waals surface area contributed by atoms with Gasteiger partial charge in [0.05, 0.1) is 28.4 Å². The lowest BCUT2D eigenvalue weighted by Crippen LogP contribution is -2.39. The molecule has 0 fully saturated rings. The molecule has 0 aliphatic carbocycles. The van der Waals surface area contributed by atoms with Crippen LogP contribution >= 0.6 is 24.0 Å². The predicted molar refractivity (Wildman–Crippen MR) is 136 cm³/mol. The van der Waals surface area contributed by atoms with E-state index in [1.54, 1.807) is 35.5 Å². The van der Waals surface area contributed by atoms with Crippen molar-refractivity contribution in [3.63, 3.8) is 0 Å². The van der Waals surface area contributed by atoms with E-state index in [0.717, 1.165) is 53.9 Å². The van der Waals surface area contributed by atoms with E-state index in [1.807, 2.05) is 37.4 Å². The first-order chi connectivity index (χ1) is 14.6. The highest BCUT2D eigenvalue weighted by Crippen LogP contribution is 2.28. The fraction of sp³-hybridized carbons (Fsp3) is 0.435. The van der Waals surface area contributed by atoms with Crippen molar-refractivity contribution in [2.75, 3.05) is 49.1 Å². The molecule has 2 rings (SSSR count). The van der Waals surface area contributed by atoms with Crippen LogP contribution in [0.1, 0.15) is 17.5 Å². The van der Waals surface area contributed by atoms with E-state index in [2.05, 4.69) is 21.3 Å². The summed E-state index contributed by atoms with van der Waals surface area (Å²) in [4.78, 5) is 6.47. The minimum Gasteiger partial charge on any atom is -0.497 e. The van der Waals surface area contributed by atoms with Crippen molar-refractivity contribution in [3.8, 4) is 23.0 Å². The quantitative estimate of drug-likeness (QED) is 0.212. The number of hydrogen-bond donors (Lipinski definition) is 1. The number of hydrogen-bond acceptors (Lipinski definition) is 5. The molecule has 0 bridgehead atoms. The predicted octanol–water partition coefficient (Wildman–Crippen LogP) is 3.98. The van der Waals surface area contributed by atoms with Crippen LogP contribution in [0.2, 0.25) is 0 Å². The second-order valence-electron chi connectivity index (χ2n) is 6.80. The number of aliphatic imine (C=N–C) groups is 1. The summed E-state index contributed by atoms with van der Waals surface area (Å²) in [5, 5.41) is 3.43. The highest BCUT2D eigenvalue weighted by atomic mass is 127. The highest BCUT2D eigenvalue weighted by Gasteiger charge is 2.11. The Morgan fingerprint density at radius 2 is 1.61 bits per heavy atom. The maximum absolute atomic E-state index is 5.50. The van der Waals surface area contributed by atoms with Gasteiger partial charge in [0.25, 0.3) is 0 Å². The molecule has 0 atom stereocenters. The van der Waals surface area contributed by atoms with E-state index in [4.69, 9.17) is 18.9 Å². The van der Waals surface area contributed by atoms with E-state index in [9.17, 15) is 0 Å². The van der Waals surface area contributed by atoms with E-state index in [-0.39, 0.29) is 24.0 Å². The Kier molecular flexibility index (Phi) is 11.9. The number of benzene rings is 2. The summed E-state index contributed by atoms with van der Waals surface area (Å²) < 4.78 is 21.4. The standard InChI is InChI=1S/C23H33N3O4.HI/c1-24-23(26(2)16-18-10-11-19(27-3)15-21(18)29-5)25-13-7-8-17-9-12-20(28-4)22(14-17)30-6;/h9-12,14-15H,7-8,13,16H2,1-6H3,(H,24,25);1H. The van der Waals surface area contributed by atoms with Gasteiger partial charge in [-0.1, -0.05) is 6.07 Å². The Bertz CT molecular complexity index is 846. The van der Waals surface area contributed by atoms with Crippen LogP contribution in [0.4, 0.5) is 0 Å².